The Bertz CT molecular complexity index is 1110. The molecule has 30 heavy (non-hydrogen) atoms. The number of aryl methyl sites for hydroxylation is 2. The van der Waals surface area contributed by atoms with Gasteiger partial charge >= 0.3 is 0 Å². The third-order valence-corrected chi connectivity index (χ3v) is 5.34. The van der Waals surface area contributed by atoms with Crippen molar-refractivity contribution < 1.29 is 9.21 Å². The van der Waals surface area contributed by atoms with Crippen molar-refractivity contribution in [2.45, 2.75) is 33.5 Å². The molecule has 4 aromatic rings. The van der Waals surface area contributed by atoms with Crippen molar-refractivity contribution >= 4 is 5.91 Å². The summed E-state index contributed by atoms with van der Waals surface area (Å²) < 4.78 is 7.74. The molecule has 0 fully saturated rings. The molecule has 152 valence electrons. The summed E-state index contributed by atoms with van der Waals surface area (Å²) in [5.41, 5.74) is 5.27. The van der Waals surface area contributed by atoms with Gasteiger partial charge in [-0.25, -0.2) is 0 Å². The average Bonchev–Trinajstić information content (AvgIpc) is 3.41. The van der Waals surface area contributed by atoms with Gasteiger partial charge in [-0.05, 0) is 55.3 Å². The van der Waals surface area contributed by atoms with E-state index in [4.69, 9.17) is 4.42 Å². The standard InChI is InChI=1S/C26H26N2O2/c1-20-11-13-22(14-12-20)17-27-15-5-8-23(27)18-28(19-24-9-6-16-30-24)26(29)25-10-4-3-7-21(25)2/h3-16H,17-19H2,1-2H3. The van der Waals surface area contributed by atoms with Gasteiger partial charge in [0, 0.05) is 24.0 Å². The molecule has 2 aromatic heterocycles. The molecule has 2 aromatic carbocycles. The van der Waals surface area contributed by atoms with E-state index in [0.717, 1.165) is 29.1 Å². The van der Waals surface area contributed by atoms with Gasteiger partial charge in [-0.15, -0.1) is 0 Å². The van der Waals surface area contributed by atoms with Crippen LogP contribution in [0.5, 0.6) is 0 Å². The Kier molecular flexibility index (Phi) is 5.84. The molecular formula is C26H26N2O2. The van der Waals surface area contributed by atoms with Gasteiger partial charge in [-0.2, -0.15) is 0 Å². The number of hydrogen-bond acceptors (Lipinski definition) is 2. The van der Waals surface area contributed by atoms with Gasteiger partial charge in [0.2, 0.25) is 0 Å². The fourth-order valence-corrected chi connectivity index (χ4v) is 3.61. The van der Waals surface area contributed by atoms with Crippen LogP contribution in [0.25, 0.3) is 0 Å². The summed E-state index contributed by atoms with van der Waals surface area (Å²) in [5, 5.41) is 0. The number of aromatic nitrogens is 1. The number of furan rings is 1. The zero-order chi connectivity index (χ0) is 20.9. The first-order valence-electron chi connectivity index (χ1n) is 10.2. The quantitative estimate of drug-likeness (QED) is 0.407. The Morgan fingerprint density at radius 1 is 0.900 bits per heavy atom. The van der Waals surface area contributed by atoms with E-state index >= 15 is 0 Å². The summed E-state index contributed by atoms with van der Waals surface area (Å²) in [6.07, 6.45) is 3.71. The van der Waals surface area contributed by atoms with Crippen LogP contribution < -0.4 is 0 Å². The molecule has 1 amide bonds. The predicted octanol–water partition coefficient (Wildman–Crippen LogP) is 5.59. The number of rotatable bonds is 7. The fourth-order valence-electron chi connectivity index (χ4n) is 3.61. The Morgan fingerprint density at radius 2 is 1.70 bits per heavy atom. The summed E-state index contributed by atoms with van der Waals surface area (Å²) in [6.45, 7) is 5.77. The number of amides is 1. The molecule has 0 bridgehead atoms. The predicted molar refractivity (Wildman–Crippen MR) is 118 cm³/mol. The lowest BCUT2D eigenvalue weighted by atomic mass is 10.1. The highest BCUT2D eigenvalue weighted by Gasteiger charge is 2.20. The maximum absolute atomic E-state index is 13.4. The Labute approximate surface area is 177 Å². The molecule has 0 radical (unpaired) electrons. The van der Waals surface area contributed by atoms with E-state index in [2.05, 4.69) is 48.0 Å². The first-order valence-corrected chi connectivity index (χ1v) is 10.2. The maximum atomic E-state index is 13.4. The van der Waals surface area contributed by atoms with E-state index in [1.54, 1.807) is 6.26 Å². The largest absolute Gasteiger partial charge is 0.467 e. The minimum absolute atomic E-state index is 0.00702. The van der Waals surface area contributed by atoms with E-state index in [-0.39, 0.29) is 5.91 Å². The van der Waals surface area contributed by atoms with Crippen LogP contribution in [0.2, 0.25) is 0 Å². The van der Waals surface area contributed by atoms with Gasteiger partial charge in [0.1, 0.15) is 5.76 Å². The van der Waals surface area contributed by atoms with Crippen LogP contribution in [-0.2, 0) is 19.6 Å². The summed E-state index contributed by atoms with van der Waals surface area (Å²) in [7, 11) is 0. The zero-order valence-corrected chi connectivity index (χ0v) is 17.4. The number of nitrogens with zero attached hydrogens (tertiary/aromatic N) is 2. The van der Waals surface area contributed by atoms with E-state index in [1.165, 1.54) is 11.1 Å². The molecule has 0 aliphatic rings. The molecule has 0 saturated carbocycles. The normalized spacial score (nSPS) is 10.9. The van der Waals surface area contributed by atoms with Gasteiger partial charge in [-0.1, -0.05) is 48.0 Å². The summed E-state index contributed by atoms with van der Waals surface area (Å²) in [6, 6.07) is 24.2. The number of carbonyl (C=O) groups excluding carboxylic acids is 1. The summed E-state index contributed by atoms with van der Waals surface area (Å²) in [5.74, 6) is 0.779. The Hall–Kier alpha value is -3.53. The van der Waals surface area contributed by atoms with E-state index in [9.17, 15) is 4.79 Å². The second-order valence-electron chi connectivity index (χ2n) is 7.67. The third kappa shape index (κ3) is 4.54. The minimum Gasteiger partial charge on any atom is -0.467 e. The van der Waals surface area contributed by atoms with Crippen molar-refractivity contribution in [1.82, 2.24) is 9.47 Å². The first kappa shape index (κ1) is 19.8. The molecular weight excluding hydrogens is 372 g/mol. The van der Waals surface area contributed by atoms with Gasteiger partial charge in [-0.3, -0.25) is 4.79 Å². The fraction of sp³-hybridized carbons (Fsp3) is 0.192. The van der Waals surface area contributed by atoms with Crippen LogP contribution in [0.1, 0.15) is 38.5 Å². The van der Waals surface area contributed by atoms with Crippen LogP contribution in [0, 0.1) is 13.8 Å². The SMILES string of the molecule is Cc1ccc(Cn2cccc2CN(Cc2ccco2)C(=O)c2ccccc2C)cc1. The van der Waals surface area contributed by atoms with Crippen LogP contribution in [0.15, 0.2) is 89.7 Å². The topological polar surface area (TPSA) is 38.4 Å². The molecule has 0 N–H and O–H groups in total. The van der Waals surface area contributed by atoms with Gasteiger partial charge in [0.25, 0.3) is 5.91 Å². The Morgan fingerprint density at radius 3 is 2.43 bits per heavy atom. The molecule has 0 aliphatic heterocycles. The van der Waals surface area contributed by atoms with Crippen molar-refractivity contribution in [1.29, 1.82) is 0 Å². The Balaban J connectivity index is 1.59. The van der Waals surface area contributed by atoms with Crippen molar-refractivity contribution in [3.63, 3.8) is 0 Å². The molecule has 0 spiro atoms. The molecule has 4 heteroatoms. The lowest BCUT2D eigenvalue weighted by Crippen LogP contribution is -2.31. The second kappa shape index (κ2) is 8.87. The van der Waals surface area contributed by atoms with Crippen molar-refractivity contribution in [2.75, 3.05) is 0 Å². The van der Waals surface area contributed by atoms with Crippen LogP contribution >= 0.6 is 0 Å². The van der Waals surface area contributed by atoms with Crippen LogP contribution in [-0.4, -0.2) is 15.4 Å². The van der Waals surface area contributed by atoms with Crippen LogP contribution in [0.3, 0.4) is 0 Å². The lowest BCUT2D eigenvalue weighted by molar-refractivity contribution is 0.0713. The van der Waals surface area contributed by atoms with Crippen molar-refractivity contribution in [3.05, 3.63) is 119 Å². The van der Waals surface area contributed by atoms with Crippen molar-refractivity contribution in [3.8, 4) is 0 Å². The summed E-state index contributed by atoms with van der Waals surface area (Å²) >= 11 is 0. The lowest BCUT2D eigenvalue weighted by Gasteiger charge is -2.23. The van der Waals surface area contributed by atoms with E-state index in [0.29, 0.717) is 13.1 Å². The highest BCUT2D eigenvalue weighted by Crippen LogP contribution is 2.18. The molecule has 4 nitrogen and oxygen atoms in total. The molecule has 0 saturated heterocycles. The van der Waals surface area contributed by atoms with Gasteiger partial charge < -0.3 is 13.9 Å². The molecule has 0 unspecified atom stereocenters. The molecule has 0 atom stereocenters. The zero-order valence-electron chi connectivity index (χ0n) is 17.4. The van der Waals surface area contributed by atoms with E-state index in [1.807, 2.05) is 54.3 Å². The highest BCUT2D eigenvalue weighted by molar-refractivity contribution is 5.95. The van der Waals surface area contributed by atoms with Crippen molar-refractivity contribution in [2.24, 2.45) is 0 Å². The van der Waals surface area contributed by atoms with E-state index < -0.39 is 0 Å². The maximum Gasteiger partial charge on any atom is 0.254 e. The number of carbonyl (C=O) groups is 1. The second-order valence-corrected chi connectivity index (χ2v) is 7.67. The third-order valence-electron chi connectivity index (χ3n) is 5.34. The molecule has 0 aliphatic carbocycles. The van der Waals surface area contributed by atoms with Gasteiger partial charge in [0.05, 0.1) is 19.4 Å². The first-order chi connectivity index (χ1) is 14.6. The molecule has 4 rings (SSSR count). The average molecular weight is 399 g/mol. The number of benzene rings is 2. The monoisotopic (exact) mass is 398 g/mol. The van der Waals surface area contributed by atoms with Gasteiger partial charge in [0.15, 0.2) is 0 Å². The highest BCUT2D eigenvalue weighted by atomic mass is 16.3. The summed E-state index contributed by atoms with van der Waals surface area (Å²) in [4.78, 5) is 15.2. The number of hydrogen-bond donors (Lipinski definition) is 0. The minimum atomic E-state index is 0.00702. The smallest absolute Gasteiger partial charge is 0.254 e. The van der Waals surface area contributed by atoms with Crippen LogP contribution in [0.4, 0.5) is 0 Å². The molecule has 2 heterocycles.